The van der Waals surface area contributed by atoms with E-state index in [4.69, 9.17) is 43.6 Å². The van der Waals surface area contributed by atoms with Gasteiger partial charge in [0.25, 0.3) is 11.8 Å². The Labute approximate surface area is 445 Å². The molecule has 0 saturated carbocycles. The lowest BCUT2D eigenvalue weighted by Crippen LogP contribution is -2.56. The predicted octanol–water partition coefficient (Wildman–Crippen LogP) is 5.09. The van der Waals surface area contributed by atoms with E-state index in [1.165, 1.54) is 7.11 Å². The maximum absolute atomic E-state index is 14.5. The van der Waals surface area contributed by atoms with Crippen LogP contribution in [-0.2, 0) is 43.4 Å². The molecule has 0 spiro atoms. The van der Waals surface area contributed by atoms with E-state index in [9.17, 15) is 19.6 Å². The molecule has 4 aromatic rings. The predicted molar refractivity (Wildman–Crippen MR) is 288 cm³/mol. The van der Waals surface area contributed by atoms with Crippen LogP contribution in [0.15, 0.2) is 73.0 Å². The molecule has 0 aliphatic carbocycles. The SMILES string of the molecule is C=C1C[C@H]2[C@H](C)N(B(C)O)c3cc(OCc4cc(COc5cc6c(cc5C)C(=O)N5CC(=C)C[C@H]5[C@H](OC5CCCCO5)N6B(C)O)cc(-c5cn(CCOCCOCCOCCN)nn5)c4)c(OC)cc3C(=O)N2C1. The number of methoxy groups -OCH3 is 1. The Morgan fingerprint density at radius 2 is 1.37 bits per heavy atom. The summed E-state index contributed by atoms with van der Waals surface area (Å²) in [6.45, 7) is 20.9. The molecule has 2 amide bonds. The molecule has 76 heavy (non-hydrogen) atoms. The van der Waals surface area contributed by atoms with Crippen LogP contribution in [0.5, 0.6) is 17.2 Å². The van der Waals surface area contributed by atoms with Crippen LogP contribution in [0.25, 0.3) is 11.3 Å². The number of carbonyl (C=O) groups excluding carboxylic acids is 2. The molecule has 3 fully saturated rings. The number of fused-ring (bicyclic) bond motifs is 4. The second-order valence-corrected chi connectivity index (χ2v) is 20.3. The molecule has 5 aliphatic rings. The molecule has 5 aliphatic heterocycles. The van der Waals surface area contributed by atoms with Crippen molar-refractivity contribution < 1.29 is 57.5 Å². The first-order valence-electron chi connectivity index (χ1n) is 26.5. The maximum Gasteiger partial charge on any atom is 0.411 e. The Hall–Kier alpha value is -5.97. The average molecular weight is 1050 g/mol. The number of aryl methyl sites for hydroxylation is 1. The number of benzene rings is 3. The van der Waals surface area contributed by atoms with Crippen molar-refractivity contribution in [1.29, 1.82) is 0 Å². The summed E-state index contributed by atoms with van der Waals surface area (Å²) in [5, 5.41) is 31.7. The topological polar surface area (TPSA) is 218 Å². The van der Waals surface area contributed by atoms with Crippen molar-refractivity contribution in [2.24, 2.45) is 5.73 Å². The lowest BCUT2D eigenvalue weighted by atomic mass is 9.80. The van der Waals surface area contributed by atoms with Gasteiger partial charge in [0.1, 0.15) is 30.9 Å². The van der Waals surface area contributed by atoms with Crippen LogP contribution in [0.3, 0.4) is 0 Å². The van der Waals surface area contributed by atoms with Crippen LogP contribution in [0.2, 0.25) is 13.6 Å². The summed E-state index contributed by atoms with van der Waals surface area (Å²) in [7, 11) is -0.417. The molecular formula is C54H72B2N8O12. The molecule has 4 N–H and O–H groups in total. The fraction of sp³-hybridized carbons (Fsp3) is 0.519. The van der Waals surface area contributed by atoms with E-state index in [1.807, 2.05) is 60.1 Å². The van der Waals surface area contributed by atoms with Crippen LogP contribution >= 0.6 is 0 Å². The van der Waals surface area contributed by atoms with Gasteiger partial charge in [0, 0.05) is 61.4 Å². The number of aromatic nitrogens is 3. The second kappa shape index (κ2) is 24.6. The number of rotatable bonds is 23. The quantitative estimate of drug-likeness (QED) is 0.0501. The molecule has 5 atom stereocenters. The zero-order valence-corrected chi connectivity index (χ0v) is 44.5. The highest BCUT2D eigenvalue weighted by molar-refractivity contribution is 6.54. The Morgan fingerprint density at radius 1 is 0.763 bits per heavy atom. The highest BCUT2D eigenvalue weighted by Crippen LogP contribution is 2.44. The van der Waals surface area contributed by atoms with E-state index >= 15 is 0 Å². The third-order valence-corrected chi connectivity index (χ3v) is 14.7. The zero-order valence-electron chi connectivity index (χ0n) is 44.5. The van der Waals surface area contributed by atoms with Gasteiger partial charge in [0.05, 0.1) is 82.7 Å². The third-order valence-electron chi connectivity index (χ3n) is 14.7. The van der Waals surface area contributed by atoms with Gasteiger partial charge in [-0.1, -0.05) is 29.5 Å². The minimum Gasteiger partial charge on any atom is -0.493 e. The standard InChI is InChI=1S/C54H72B2N8O12/c1-34-20-44-37(4)63(55(5)67)45-28-50(49(69-7)26-42(45)53(66)61(44)29-34)75-33-39-23-38(24-40(25-39)43-31-60(59-58-43)12-15-71-17-19-72-18-16-70-14-11-57)32-74-48-27-46-41(22-36(48)3)52(65)62-30-35(2)21-47(62)54(64(46)56(6)68)76-51-10-8-9-13-73-51/h22-28,31,37,44,47,51,54,67-68H,1-2,8-21,29-30,32-33,57H2,3-7H3/t37-,44-,47-,51?,54-/m0/s1. The van der Waals surface area contributed by atoms with Crippen molar-refractivity contribution in [3.8, 4) is 28.5 Å². The van der Waals surface area contributed by atoms with Crippen LogP contribution in [0, 0.1) is 6.92 Å². The van der Waals surface area contributed by atoms with E-state index < -0.39 is 32.7 Å². The molecular weight excluding hydrogens is 974 g/mol. The van der Waals surface area contributed by atoms with E-state index in [0.717, 1.165) is 46.2 Å². The number of nitrogens with zero attached hydrogens (tertiary/aromatic N) is 7. The molecule has 3 saturated heterocycles. The summed E-state index contributed by atoms with van der Waals surface area (Å²) in [6, 6.07) is 12.3. The normalized spacial score (nSPS) is 21.3. The fourth-order valence-corrected chi connectivity index (χ4v) is 11.1. The van der Waals surface area contributed by atoms with Crippen molar-refractivity contribution in [3.63, 3.8) is 0 Å². The number of hydrogen-bond acceptors (Lipinski definition) is 17. The van der Waals surface area contributed by atoms with E-state index in [-0.39, 0.29) is 37.1 Å². The number of hydrogen-bond donors (Lipinski definition) is 3. The van der Waals surface area contributed by atoms with Gasteiger partial charge in [-0.2, -0.15) is 0 Å². The van der Waals surface area contributed by atoms with E-state index in [2.05, 4.69) is 23.5 Å². The van der Waals surface area contributed by atoms with Crippen LogP contribution < -0.4 is 29.6 Å². The van der Waals surface area contributed by atoms with Gasteiger partial charge in [-0.05, 0) is 107 Å². The van der Waals surface area contributed by atoms with Crippen molar-refractivity contribution >= 4 is 37.3 Å². The minimum absolute atomic E-state index is 0.0749. The number of amides is 2. The number of ether oxygens (including phenoxy) is 8. The Bertz CT molecular complexity index is 2740. The van der Waals surface area contributed by atoms with Gasteiger partial charge >= 0.3 is 14.1 Å². The monoisotopic (exact) mass is 1050 g/mol. The van der Waals surface area contributed by atoms with Crippen molar-refractivity contribution in [2.45, 2.75) is 110 Å². The molecule has 1 unspecified atom stereocenters. The zero-order chi connectivity index (χ0) is 53.6. The highest BCUT2D eigenvalue weighted by atomic mass is 16.7. The molecule has 22 heteroatoms. The lowest BCUT2D eigenvalue weighted by Gasteiger charge is -2.40. The van der Waals surface area contributed by atoms with Crippen molar-refractivity contribution in [3.05, 3.63) is 101 Å². The number of nitrogens with two attached hydrogens (primary N) is 1. The summed E-state index contributed by atoms with van der Waals surface area (Å²) in [6.07, 6.45) is 4.44. The molecule has 406 valence electrons. The van der Waals surface area contributed by atoms with Crippen LogP contribution in [0.1, 0.15) is 76.4 Å². The molecule has 0 bridgehead atoms. The molecule has 1 aromatic heterocycles. The van der Waals surface area contributed by atoms with Crippen molar-refractivity contribution in [2.75, 3.05) is 82.6 Å². The Kier molecular flexibility index (Phi) is 17.7. The summed E-state index contributed by atoms with van der Waals surface area (Å²) in [4.78, 5) is 35.9. The summed E-state index contributed by atoms with van der Waals surface area (Å²) in [5.74, 6) is 0.939. The van der Waals surface area contributed by atoms with Gasteiger partial charge in [-0.15, -0.1) is 5.10 Å². The maximum atomic E-state index is 14.5. The second-order valence-electron chi connectivity index (χ2n) is 20.3. The average Bonchev–Trinajstić information content (AvgIpc) is 4.24. The summed E-state index contributed by atoms with van der Waals surface area (Å²) < 4.78 is 50.4. The van der Waals surface area contributed by atoms with Gasteiger partial charge in [-0.25, -0.2) is 4.68 Å². The molecule has 3 aromatic carbocycles. The Balaban J connectivity index is 0.993. The van der Waals surface area contributed by atoms with Crippen molar-refractivity contribution in [1.82, 2.24) is 24.8 Å². The van der Waals surface area contributed by atoms with Crippen LogP contribution in [0.4, 0.5) is 11.4 Å². The van der Waals surface area contributed by atoms with E-state index in [0.29, 0.717) is 137 Å². The molecule has 6 heterocycles. The highest BCUT2D eigenvalue weighted by Gasteiger charge is 2.48. The lowest BCUT2D eigenvalue weighted by molar-refractivity contribution is -0.194. The molecule has 0 radical (unpaired) electrons. The number of anilines is 2. The van der Waals surface area contributed by atoms with Gasteiger partial charge in [0.15, 0.2) is 17.8 Å². The Morgan fingerprint density at radius 3 is 2.01 bits per heavy atom. The largest absolute Gasteiger partial charge is 0.493 e. The van der Waals surface area contributed by atoms with E-state index in [1.54, 1.807) is 40.2 Å². The first kappa shape index (κ1) is 54.8. The fourth-order valence-electron chi connectivity index (χ4n) is 11.1. The van der Waals surface area contributed by atoms with Crippen LogP contribution in [-0.4, -0.2) is 164 Å². The molecule has 9 rings (SSSR count). The first-order chi connectivity index (χ1) is 36.7. The minimum atomic E-state index is -1.04. The first-order valence-corrected chi connectivity index (χ1v) is 26.5. The third kappa shape index (κ3) is 12.1. The number of carbonyl (C=O) groups is 2. The summed E-state index contributed by atoms with van der Waals surface area (Å²) >= 11 is 0. The van der Waals surface area contributed by atoms with Gasteiger partial charge in [0.2, 0.25) is 0 Å². The smallest absolute Gasteiger partial charge is 0.411 e. The summed E-state index contributed by atoms with van der Waals surface area (Å²) in [5.41, 5.74) is 12.9. The van der Waals surface area contributed by atoms with Gasteiger partial charge < -0.3 is 73.1 Å². The molecule has 20 nitrogen and oxygen atoms in total. The van der Waals surface area contributed by atoms with Gasteiger partial charge in [-0.3, -0.25) is 9.59 Å².